The zero-order chi connectivity index (χ0) is 19.0. The highest BCUT2D eigenvalue weighted by Crippen LogP contribution is 2.27. The summed E-state index contributed by atoms with van der Waals surface area (Å²) in [4.78, 5) is 21.4. The van der Waals surface area contributed by atoms with Crippen LogP contribution in [0.3, 0.4) is 0 Å². The molecule has 0 fully saturated rings. The Morgan fingerprint density at radius 1 is 1.22 bits per heavy atom. The number of carbonyl (C=O) groups excluding carboxylic acids is 1. The highest BCUT2D eigenvalue weighted by Gasteiger charge is 2.18. The molecule has 1 aromatic carbocycles. The van der Waals surface area contributed by atoms with E-state index < -0.39 is 0 Å². The van der Waals surface area contributed by atoms with Gasteiger partial charge in [0.25, 0.3) is 5.91 Å². The standard InChI is InChI=1S/C18H17N7O2/c1-10-8-11(2)25-16(20-10)13(9-19-25)17(26)22-18-21-15(23-24-18)12-6-4-5-7-14(12)27-3/h4-9H,1-3H3,(H2,21,22,23,24,26). The number of H-pyrrole nitrogens is 1. The van der Waals surface area contributed by atoms with E-state index in [4.69, 9.17) is 4.74 Å². The molecule has 1 amide bonds. The summed E-state index contributed by atoms with van der Waals surface area (Å²) in [6.45, 7) is 3.78. The number of methoxy groups -OCH3 is 1. The molecule has 4 rings (SSSR count). The van der Waals surface area contributed by atoms with E-state index in [9.17, 15) is 4.79 Å². The van der Waals surface area contributed by atoms with Crippen molar-refractivity contribution in [2.24, 2.45) is 0 Å². The minimum atomic E-state index is -0.381. The Balaban J connectivity index is 1.62. The van der Waals surface area contributed by atoms with Crippen LogP contribution in [0.4, 0.5) is 5.95 Å². The lowest BCUT2D eigenvalue weighted by molar-refractivity contribution is 0.102. The fourth-order valence-corrected chi connectivity index (χ4v) is 2.88. The van der Waals surface area contributed by atoms with Crippen LogP contribution >= 0.6 is 0 Å². The molecule has 0 aliphatic rings. The first kappa shape index (κ1) is 16.7. The summed E-state index contributed by atoms with van der Waals surface area (Å²) in [5, 5.41) is 13.8. The van der Waals surface area contributed by atoms with Crippen molar-refractivity contribution in [2.75, 3.05) is 12.4 Å². The minimum absolute atomic E-state index is 0.157. The Bertz CT molecular complexity index is 1150. The van der Waals surface area contributed by atoms with Crippen LogP contribution in [0, 0.1) is 13.8 Å². The number of anilines is 1. The quantitative estimate of drug-likeness (QED) is 0.576. The van der Waals surface area contributed by atoms with Gasteiger partial charge in [-0.3, -0.25) is 15.2 Å². The van der Waals surface area contributed by atoms with Crippen LogP contribution in [0.25, 0.3) is 17.0 Å². The molecule has 0 aliphatic heterocycles. The number of benzene rings is 1. The number of hydrogen-bond donors (Lipinski definition) is 2. The Morgan fingerprint density at radius 2 is 2.04 bits per heavy atom. The number of hydrogen-bond acceptors (Lipinski definition) is 6. The molecular formula is C18H17N7O2. The lowest BCUT2D eigenvalue weighted by Crippen LogP contribution is -2.13. The van der Waals surface area contributed by atoms with E-state index in [0.29, 0.717) is 22.8 Å². The van der Waals surface area contributed by atoms with Crippen LogP contribution < -0.4 is 10.1 Å². The molecule has 0 atom stereocenters. The van der Waals surface area contributed by atoms with Crippen molar-refractivity contribution in [1.82, 2.24) is 29.8 Å². The average molecular weight is 363 g/mol. The van der Waals surface area contributed by atoms with Gasteiger partial charge in [0.1, 0.15) is 11.3 Å². The van der Waals surface area contributed by atoms with Gasteiger partial charge in [-0.15, -0.1) is 5.10 Å². The summed E-state index contributed by atoms with van der Waals surface area (Å²) in [7, 11) is 1.58. The van der Waals surface area contributed by atoms with Crippen LogP contribution in [0.5, 0.6) is 5.75 Å². The van der Waals surface area contributed by atoms with Crippen LogP contribution in [0.15, 0.2) is 36.5 Å². The zero-order valence-electron chi connectivity index (χ0n) is 15.0. The molecule has 136 valence electrons. The molecule has 0 saturated carbocycles. The van der Waals surface area contributed by atoms with Crippen LogP contribution in [-0.2, 0) is 0 Å². The maximum Gasteiger partial charge on any atom is 0.263 e. The van der Waals surface area contributed by atoms with Crippen LogP contribution in [0.2, 0.25) is 0 Å². The van der Waals surface area contributed by atoms with Crippen LogP contribution in [-0.4, -0.2) is 42.8 Å². The van der Waals surface area contributed by atoms with Gasteiger partial charge in [-0.1, -0.05) is 12.1 Å². The average Bonchev–Trinajstić information content (AvgIpc) is 3.28. The Labute approximate surface area is 154 Å². The molecule has 9 nitrogen and oxygen atoms in total. The van der Waals surface area contributed by atoms with E-state index in [0.717, 1.165) is 17.0 Å². The predicted molar refractivity (Wildman–Crippen MR) is 98.8 cm³/mol. The summed E-state index contributed by atoms with van der Waals surface area (Å²) in [5.41, 5.74) is 3.30. The van der Waals surface area contributed by atoms with Gasteiger partial charge in [-0.2, -0.15) is 10.1 Å². The van der Waals surface area contributed by atoms with Gasteiger partial charge in [-0.05, 0) is 32.0 Å². The minimum Gasteiger partial charge on any atom is -0.496 e. The van der Waals surface area contributed by atoms with E-state index in [2.05, 4.69) is 30.6 Å². The molecule has 3 heterocycles. The van der Waals surface area contributed by atoms with Crippen LogP contribution in [0.1, 0.15) is 21.7 Å². The normalized spacial score (nSPS) is 10.9. The third-order valence-corrected chi connectivity index (χ3v) is 4.10. The van der Waals surface area contributed by atoms with Gasteiger partial charge >= 0.3 is 0 Å². The molecule has 0 aliphatic carbocycles. The van der Waals surface area contributed by atoms with Gasteiger partial charge in [0.15, 0.2) is 11.5 Å². The number of fused-ring (bicyclic) bond motifs is 1. The summed E-state index contributed by atoms with van der Waals surface area (Å²) >= 11 is 0. The third kappa shape index (κ3) is 2.99. The SMILES string of the molecule is COc1ccccc1-c1nc(NC(=O)c2cnn3c(C)cc(C)nc23)n[nH]1. The number of ether oxygens (including phenoxy) is 1. The maximum absolute atomic E-state index is 12.7. The fourth-order valence-electron chi connectivity index (χ4n) is 2.88. The summed E-state index contributed by atoms with van der Waals surface area (Å²) in [6.07, 6.45) is 1.48. The predicted octanol–water partition coefficient (Wildman–Crippen LogP) is 2.39. The molecule has 9 heteroatoms. The molecule has 0 radical (unpaired) electrons. The molecule has 3 aromatic heterocycles. The Morgan fingerprint density at radius 3 is 2.85 bits per heavy atom. The number of nitrogens with one attached hydrogen (secondary N) is 2. The van der Waals surface area contributed by atoms with Gasteiger partial charge in [0, 0.05) is 11.4 Å². The van der Waals surface area contributed by atoms with Crippen molar-refractivity contribution in [3.63, 3.8) is 0 Å². The van der Waals surface area contributed by atoms with Gasteiger partial charge in [0.2, 0.25) is 5.95 Å². The topological polar surface area (TPSA) is 110 Å². The second kappa shape index (κ2) is 6.52. The summed E-state index contributed by atoms with van der Waals surface area (Å²) in [5.74, 6) is 0.925. The number of aromatic nitrogens is 6. The van der Waals surface area contributed by atoms with Crippen molar-refractivity contribution < 1.29 is 9.53 Å². The number of carbonyl (C=O) groups is 1. The van der Waals surface area contributed by atoms with Gasteiger partial charge in [0.05, 0.1) is 18.9 Å². The van der Waals surface area contributed by atoms with E-state index in [-0.39, 0.29) is 11.9 Å². The lowest BCUT2D eigenvalue weighted by atomic mass is 10.2. The smallest absolute Gasteiger partial charge is 0.263 e. The highest BCUT2D eigenvalue weighted by molar-refractivity contribution is 6.07. The second-order valence-corrected chi connectivity index (χ2v) is 5.99. The molecular weight excluding hydrogens is 346 g/mol. The number of amides is 1. The third-order valence-electron chi connectivity index (χ3n) is 4.10. The second-order valence-electron chi connectivity index (χ2n) is 5.99. The maximum atomic E-state index is 12.7. The van der Waals surface area contributed by atoms with E-state index in [1.54, 1.807) is 11.6 Å². The van der Waals surface area contributed by atoms with Gasteiger partial charge < -0.3 is 4.74 Å². The van der Waals surface area contributed by atoms with E-state index in [1.165, 1.54) is 6.20 Å². The summed E-state index contributed by atoms with van der Waals surface area (Å²) < 4.78 is 6.95. The Hall–Kier alpha value is -3.75. The molecule has 2 N–H and O–H groups in total. The van der Waals surface area contributed by atoms with Crippen molar-refractivity contribution in [3.8, 4) is 17.1 Å². The first-order valence-corrected chi connectivity index (χ1v) is 8.26. The highest BCUT2D eigenvalue weighted by atomic mass is 16.5. The zero-order valence-corrected chi connectivity index (χ0v) is 15.0. The van der Waals surface area contributed by atoms with E-state index in [1.807, 2.05) is 44.2 Å². The number of rotatable bonds is 4. The first-order chi connectivity index (χ1) is 13.1. The number of nitrogens with zero attached hydrogens (tertiary/aromatic N) is 5. The molecule has 0 saturated heterocycles. The van der Waals surface area contributed by atoms with E-state index >= 15 is 0 Å². The fraction of sp³-hybridized carbons (Fsp3) is 0.167. The number of aryl methyl sites for hydroxylation is 2. The summed E-state index contributed by atoms with van der Waals surface area (Å²) in [6, 6.07) is 9.31. The van der Waals surface area contributed by atoms with Crippen molar-refractivity contribution >= 4 is 17.5 Å². The lowest BCUT2D eigenvalue weighted by Gasteiger charge is -2.04. The van der Waals surface area contributed by atoms with Crippen molar-refractivity contribution in [1.29, 1.82) is 0 Å². The van der Waals surface area contributed by atoms with Gasteiger partial charge in [-0.25, -0.2) is 9.50 Å². The molecule has 27 heavy (non-hydrogen) atoms. The first-order valence-electron chi connectivity index (χ1n) is 8.26. The largest absolute Gasteiger partial charge is 0.496 e. The van der Waals surface area contributed by atoms with Crippen molar-refractivity contribution in [2.45, 2.75) is 13.8 Å². The molecule has 0 unspecified atom stereocenters. The monoisotopic (exact) mass is 363 g/mol. The Kier molecular flexibility index (Phi) is 4.03. The molecule has 4 aromatic rings. The molecule has 0 spiro atoms. The number of aromatic amines is 1. The number of para-hydroxylation sites is 1. The molecule has 0 bridgehead atoms. The van der Waals surface area contributed by atoms with Crippen molar-refractivity contribution in [3.05, 3.63) is 53.5 Å².